The molecule has 1 heterocycles. The molecule has 0 saturated carbocycles. The van der Waals surface area contributed by atoms with E-state index >= 15 is 0 Å². The summed E-state index contributed by atoms with van der Waals surface area (Å²) in [7, 11) is 1.66. The standard InChI is InChI=1S/C13H11F3N4S/c1-20(9-4-2-3-8(7-9)12(17)21)11-6-5-10(18-19-11)13(14,15)16/h2-7H,1H3,(H2,17,21). The second-order valence-electron chi connectivity index (χ2n) is 4.25. The van der Waals surface area contributed by atoms with Crippen LogP contribution in [0.3, 0.4) is 0 Å². The lowest BCUT2D eigenvalue weighted by Crippen LogP contribution is -2.16. The Kier molecular flexibility index (Phi) is 4.08. The molecule has 0 radical (unpaired) electrons. The van der Waals surface area contributed by atoms with Gasteiger partial charge in [-0.25, -0.2) is 0 Å². The Hall–Kier alpha value is -2.22. The molecule has 2 rings (SSSR count). The van der Waals surface area contributed by atoms with Crippen molar-refractivity contribution in [1.29, 1.82) is 0 Å². The average molecular weight is 312 g/mol. The van der Waals surface area contributed by atoms with Crippen LogP contribution in [0.25, 0.3) is 0 Å². The van der Waals surface area contributed by atoms with Gasteiger partial charge in [0.05, 0.1) is 0 Å². The molecule has 1 aromatic carbocycles. The lowest BCUT2D eigenvalue weighted by Gasteiger charge is -2.18. The minimum atomic E-state index is -4.50. The first-order valence-corrected chi connectivity index (χ1v) is 6.24. The van der Waals surface area contributed by atoms with E-state index in [4.69, 9.17) is 18.0 Å². The predicted octanol–water partition coefficient (Wildman–Crippen LogP) is 2.90. The monoisotopic (exact) mass is 312 g/mol. The van der Waals surface area contributed by atoms with Crippen LogP contribution in [0.5, 0.6) is 0 Å². The van der Waals surface area contributed by atoms with Gasteiger partial charge >= 0.3 is 6.18 Å². The summed E-state index contributed by atoms with van der Waals surface area (Å²) in [6, 6.07) is 9.12. The second-order valence-corrected chi connectivity index (χ2v) is 4.69. The molecule has 0 fully saturated rings. The van der Waals surface area contributed by atoms with E-state index in [-0.39, 0.29) is 10.8 Å². The Morgan fingerprint density at radius 1 is 1.19 bits per heavy atom. The molecular formula is C13H11F3N4S. The number of thiocarbonyl (C=S) groups is 1. The molecule has 2 N–H and O–H groups in total. The molecule has 0 unspecified atom stereocenters. The van der Waals surface area contributed by atoms with Crippen LogP contribution in [0.1, 0.15) is 11.3 Å². The van der Waals surface area contributed by atoms with Gasteiger partial charge in [0, 0.05) is 18.3 Å². The van der Waals surface area contributed by atoms with Crippen LogP contribution in [0, 0.1) is 0 Å². The Morgan fingerprint density at radius 2 is 1.90 bits per heavy atom. The number of benzene rings is 1. The summed E-state index contributed by atoms with van der Waals surface area (Å²) in [5, 5.41) is 6.77. The van der Waals surface area contributed by atoms with Crippen molar-refractivity contribution >= 4 is 28.7 Å². The molecule has 21 heavy (non-hydrogen) atoms. The van der Waals surface area contributed by atoms with E-state index in [1.54, 1.807) is 36.2 Å². The number of nitrogens with zero attached hydrogens (tertiary/aromatic N) is 3. The highest BCUT2D eigenvalue weighted by Crippen LogP contribution is 2.28. The van der Waals surface area contributed by atoms with Gasteiger partial charge in [-0.2, -0.15) is 13.2 Å². The lowest BCUT2D eigenvalue weighted by molar-refractivity contribution is -0.141. The number of halogens is 3. The van der Waals surface area contributed by atoms with Gasteiger partial charge in [-0.15, -0.1) is 10.2 Å². The number of hydrogen-bond acceptors (Lipinski definition) is 4. The van der Waals surface area contributed by atoms with E-state index in [2.05, 4.69) is 10.2 Å². The van der Waals surface area contributed by atoms with Crippen molar-refractivity contribution in [3.63, 3.8) is 0 Å². The van der Waals surface area contributed by atoms with E-state index in [0.29, 0.717) is 11.3 Å². The highest BCUT2D eigenvalue weighted by atomic mass is 32.1. The molecule has 0 aliphatic heterocycles. The summed E-state index contributed by atoms with van der Waals surface area (Å²) in [6.45, 7) is 0. The molecule has 0 atom stereocenters. The number of anilines is 2. The van der Waals surface area contributed by atoms with Gasteiger partial charge < -0.3 is 10.6 Å². The number of rotatable bonds is 3. The molecule has 0 bridgehead atoms. The second kappa shape index (κ2) is 5.65. The molecule has 4 nitrogen and oxygen atoms in total. The first-order valence-electron chi connectivity index (χ1n) is 5.83. The quantitative estimate of drug-likeness (QED) is 0.883. The Labute approximate surface area is 124 Å². The molecule has 2 aromatic rings. The van der Waals surface area contributed by atoms with Crippen molar-refractivity contribution < 1.29 is 13.2 Å². The van der Waals surface area contributed by atoms with Crippen LogP contribution in [0.2, 0.25) is 0 Å². The first-order chi connectivity index (χ1) is 9.79. The minimum absolute atomic E-state index is 0.240. The fraction of sp³-hybridized carbons (Fsp3) is 0.154. The minimum Gasteiger partial charge on any atom is -0.389 e. The van der Waals surface area contributed by atoms with Gasteiger partial charge in [-0.3, -0.25) is 0 Å². The maximum absolute atomic E-state index is 12.4. The zero-order chi connectivity index (χ0) is 15.6. The van der Waals surface area contributed by atoms with Gasteiger partial charge in [0.2, 0.25) is 0 Å². The number of hydrogen-bond donors (Lipinski definition) is 1. The third-order valence-electron chi connectivity index (χ3n) is 2.80. The van der Waals surface area contributed by atoms with Crippen molar-refractivity contribution in [2.45, 2.75) is 6.18 Å². The highest BCUT2D eigenvalue weighted by molar-refractivity contribution is 7.80. The number of nitrogens with two attached hydrogens (primary N) is 1. The average Bonchev–Trinajstić information content (AvgIpc) is 2.46. The van der Waals surface area contributed by atoms with E-state index in [1.807, 2.05) is 0 Å². The molecular weight excluding hydrogens is 301 g/mol. The van der Waals surface area contributed by atoms with Crippen LogP contribution >= 0.6 is 12.2 Å². The van der Waals surface area contributed by atoms with Crippen molar-refractivity contribution in [3.8, 4) is 0 Å². The van der Waals surface area contributed by atoms with Gasteiger partial charge in [0.15, 0.2) is 11.5 Å². The van der Waals surface area contributed by atoms with E-state index in [0.717, 1.165) is 6.07 Å². The highest BCUT2D eigenvalue weighted by Gasteiger charge is 2.33. The van der Waals surface area contributed by atoms with Crippen LogP contribution in [-0.4, -0.2) is 22.2 Å². The van der Waals surface area contributed by atoms with Gasteiger partial charge in [0.1, 0.15) is 4.99 Å². The van der Waals surface area contributed by atoms with Crippen molar-refractivity contribution in [2.75, 3.05) is 11.9 Å². The molecule has 0 aliphatic carbocycles. The Balaban J connectivity index is 2.30. The molecule has 110 valence electrons. The topological polar surface area (TPSA) is 55.0 Å². The fourth-order valence-corrected chi connectivity index (χ4v) is 1.78. The summed E-state index contributed by atoms with van der Waals surface area (Å²) in [6.07, 6.45) is -4.50. The zero-order valence-electron chi connectivity index (χ0n) is 10.9. The summed E-state index contributed by atoms with van der Waals surface area (Å²) in [4.78, 5) is 1.83. The zero-order valence-corrected chi connectivity index (χ0v) is 11.7. The maximum atomic E-state index is 12.4. The molecule has 8 heteroatoms. The summed E-state index contributed by atoms with van der Waals surface area (Å²) in [5.74, 6) is 0.281. The summed E-state index contributed by atoms with van der Waals surface area (Å²) >= 11 is 4.89. The predicted molar refractivity (Wildman–Crippen MR) is 77.4 cm³/mol. The Morgan fingerprint density at radius 3 is 2.43 bits per heavy atom. The van der Waals surface area contributed by atoms with E-state index < -0.39 is 11.9 Å². The maximum Gasteiger partial charge on any atom is 0.435 e. The molecule has 0 saturated heterocycles. The Bertz CT molecular complexity index is 655. The van der Waals surface area contributed by atoms with Crippen LogP contribution in [-0.2, 0) is 6.18 Å². The SMILES string of the molecule is CN(c1cccc(C(N)=S)c1)c1ccc(C(F)(F)F)nn1. The smallest absolute Gasteiger partial charge is 0.389 e. The number of alkyl halides is 3. The third kappa shape index (κ3) is 3.46. The molecule has 0 aliphatic rings. The molecule has 1 aromatic heterocycles. The largest absolute Gasteiger partial charge is 0.435 e. The molecule has 0 spiro atoms. The normalized spacial score (nSPS) is 11.2. The molecule has 0 amide bonds. The number of aromatic nitrogens is 2. The fourth-order valence-electron chi connectivity index (χ4n) is 1.66. The van der Waals surface area contributed by atoms with Crippen LogP contribution < -0.4 is 10.6 Å². The van der Waals surface area contributed by atoms with Gasteiger partial charge in [-0.1, -0.05) is 24.4 Å². The van der Waals surface area contributed by atoms with Crippen LogP contribution in [0.4, 0.5) is 24.7 Å². The first kappa shape index (κ1) is 15.2. The van der Waals surface area contributed by atoms with E-state index in [1.165, 1.54) is 6.07 Å². The summed E-state index contributed by atoms with van der Waals surface area (Å²) < 4.78 is 37.3. The van der Waals surface area contributed by atoms with Crippen molar-refractivity contribution in [2.24, 2.45) is 5.73 Å². The summed E-state index contributed by atoms with van der Waals surface area (Å²) in [5.41, 5.74) is 5.87. The van der Waals surface area contributed by atoms with E-state index in [9.17, 15) is 13.2 Å². The lowest BCUT2D eigenvalue weighted by atomic mass is 10.2. The van der Waals surface area contributed by atoms with Gasteiger partial charge in [0.25, 0.3) is 0 Å². The van der Waals surface area contributed by atoms with Crippen molar-refractivity contribution in [3.05, 3.63) is 47.7 Å². The van der Waals surface area contributed by atoms with Crippen LogP contribution in [0.15, 0.2) is 36.4 Å². The van der Waals surface area contributed by atoms with Gasteiger partial charge in [-0.05, 0) is 24.3 Å². The third-order valence-corrected chi connectivity index (χ3v) is 3.04. The van der Waals surface area contributed by atoms with Crippen molar-refractivity contribution in [1.82, 2.24) is 10.2 Å².